The molecule has 0 aliphatic carbocycles. The number of benzene rings is 1. The van der Waals surface area contributed by atoms with E-state index < -0.39 is 50.8 Å². The number of β-lactam (4-membered cyclic amide) rings is 1. The lowest BCUT2D eigenvalue weighted by atomic mass is 9.99. The molecule has 210 valence electrons. The molecular formula is C20H24N8O8S3. The van der Waals surface area contributed by atoms with Crippen LogP contribution in [0.25, 0.3) is 0 Å². The van der Waals surface area contributed by atoms with Crippen molar-refractivity contribution in [3.05, 3.63) is 46.7 Å². The van der Waals surface area contributed by atoms with Crippen molar-refractivity contribution in [2.75, 3.05) is 12.3 Å². The summed E-state index contributed by atoms with van der Waals surface area (Å²) in [7, 11) is -4.48. The van der Waals surface area contributed by atoms with Crippen LogP contribution < -0.4 is 15.8 Å². The first kappa shape index (κ1) is 28.9. The first-order valence-corrected chi connectivity index (χ1v) is 14.7. The van der Waals surface area contributed by atoms with E-state index in [1.165, 1.54) is 11.8 Å². The second-order valence-corrected chi connectivity index (χ2v) is 11.9. The number of aromatic amines is 1. The Labute approximate surface area is 230 Å². The molecule has 4 atom stereocenters. The zero-order chi connectivity index (χ0) is 28.3. The van der Waals surface area contributed by atoms with Gasteiger partial charge in [-0.05, 0) is 28.3 Å². The maximum Gasteiger partial charge on any atom is 0.352 e. The molecule has 0 bridgehead atoms. The van der Waals surface area contributed by atoms with Gasteiger partial charge in [0.05, 0.1) is 6.61 Å². The molecule has 1 aromatic heterocycles. The molecule has 1 fully saturated rings. The van der Waals surface area contributed by atoms with Gasteiger partial charge < -0.3 is 21.3 Å². The monoisotopic (exact) mass is 600 g/mol. The number of carbonyl (C=O) groups excluding carboxylic acids is 2. The number of rotatable bonds is 12. The van der Waals surface area contributed by atoms with Crippen molar-refractivity contribution < 1.29 is 37.6 Å². The van der Waals surface area contributed by atoms with Gasteiger partial charge in [-0.3, -0.25) is 19.0 Å². The molecule has 0 radical (unpaired) electrons. The van der Waals surface area contributed by atoms with Gasteiger partial charge in [0.1, 0.15) is 23.2 Å². The standard InChI is InChI=1S/C20H24N8O8S3/c21-13(10-3-1-2-9(6-10)7-29)16(30)23-14-17(31)28-15(19(32)33)11(8-37-18(14)28)12(4-5-22-39(34,35)36)38-20-24-26-27-25-20/h1-3,6,12-14,18,22,29H,4-5,7-8,21H2,(H,23,30)(H,32,33)(H,34,35,36)(H,24,25,26,27)/t12?,13?,14?,18-/m0/s1. The number of hydrogen-bond acceptors (Lipinski definition) is 12. The quantitative estimate of drug-likeness (QED) is 0.0821. The van der Waals surface area contributed by atoms with Crippen LogP contribution in [0.3, 0.4) is 0 Å². The Morgan fingerprint density at radius 3 is 2.77 bits per heavy atom. The number of carboxylic acid groups (broad SMARTS) is 1. The van der Waals surface area contributed by atoms with Crippen LogP contribution in [0.4, 0.5) is 0 Å². The van der Waals surface area contributed by atoms with Gasteiger partial charge in [0.2, 0.25) is 11.1 Å². The van der Waals surface area contributed by atoms with Crippen LogP contribution in [0, 0.1) is 0 Å². The smallest absolute Gasteiger partial charge is 0.352 e. The summed E-state index contributed by atoms with van der Waals surface area (Å²) in [5.41, 5.74) is 7.09. The Morgan fingerprint density at radius 1 is 1.36 bits per heavy atom. The Bertz CT molecular complexity index is 1390. The molecule has 0 saturated carbocycles. The van der Waals surface area contributed by atoms with Crippen molar-refractivity contribution in [1.82, 2.24) is 35.6 Å². The predicted octanol–water partition coefficient (Wildman–Crippen LogP) is -1.63. The fourth-order valence-electron chi connectivity index (χ4n) is 4.12. The first-order valence-electron chi connectivity index (χ1n) is 11.3. The van der Waals surface area contributed by atoms with Crippen molar-refractivity contribution in [2.24, 2.45) is 5.73 Å². The average Bonchev–Trinajstić information content (AvgIpc) is 3.42. The van der Waals surface area contributed by atoms with E-state index >= 15 is 0 Å². The lowest BCUT2D eigenvalue weighted by molar-refractivity contribution is -0.150. The van der Waals surface area contributed by atoms with Crippen molar-refractivity contribution in [3.63, 3.8) is 0 Å². The summed E-state index contributed by atoms with van der Waals surface area (Å²) in [4.78, 5) is 39.3. The van der Waals surface area contributed by atoms with Crippen molar-refractivity contribution in [1.29, 1.82) is 0 Å². The molecule has 3 unspecified atom stereocenters. The van der Waals surface area contributed by atoms with Gasteiger partial charge in [0.15, 0.2) is 0 Å². The molecule has 1 saturated heterocycles. The second kappa shape index (κ2) is 12.0. The molecule has 2 aliphatic heterocycles. The Hall–Kier alpha value is -3.07. The molecule has 2 aliphatic rings. The highest BCUT2D eigenvalue weighted by atomic mass is 32.2. The van der Waals surface area contributed by atoms with Crippen molar-refractivity contribution in [3.8, 4) is 0 Å². The van der Waals surface area contributed by atoms with Gasteiger partial charge in [-0.2, -0.15) is 18.4 Å². The SMILES string of the molecule is NC(C(=O)NC1C(=O)N2C(C(=O)O)=C(C(CCNS(=O)(=O)O)Sc3nn[nH]n3)CS[C@@H]12)c1cccc(CO)c1. The number of carbonyl (C=O) groups is 3. The number of aliphatic carboxylic acids is 1. The zero-order valence-corrected chi connectivity index (χ0v) is 22.4. The van der Waals surface area contributed by atoms with Crippen LogP contribution in [-0.4, -0.2) is 95.5 Å². The van der Waals surface area contributed by atoms with Crippen LogP contribution in [0.5, 0.6) is 0 Å². The van der Waals surface area contributed by atoms with Gasteiger partial charge in [-0.15, -0.1) is 22.0 Å². The molecule has 39 heavy (non-hydrogen) atoms. The second-order valence-electron chi connectivity index (χ2n) is 8.41. The van der Waals surface area contributed by atoms with Crippen LogP contribution in [-0.2, 0) is 31.3 Å². The molecular weight excluding hydrogens is 576 g/mol. The van der Waals surface area contributed by atoms with Crippen LogP contribution in [0.15, 0.2) is 40.7 Å². The third-order valence-corrected chi connectivity index (χ3v) is 8.99. The number of aliphatic hydroxyl groups is 1. The summed E-state index contributed by atoms with van der Waals surface area (Å²) >= 11 is 2.23. The number of carboxylic acids is 1. The summed E-state index contributed by atoms with van der Waals surface area (Å²) < 4.78 is 33.1. The van der Waals surface area contributed by atoms with Gasteiger partial charge >= 0.3 is 16.3 Å². The van der Waals surface area contributed by atoms with Crippen molar-refractivity contribution >= 4 is 51.6 Å². The van der Waals surface area contributed by atoms with Crippen LogP contribution >= 0.6 is 23.5 Å². The Kier molecular flexibility index (Phi) is 8.89. The highest BCUT2D eigenvalue weighted by Gasteiger charge is 2.55. The maximum absolute atomic E-state index is 13.1. The lowest BCUT2D eigenvalue weighted by Crippen LogP contribution is -2.71. The number of hydrogen-bond donors (Lipinski definition) is 7. The fourth-order valence-corrected chi connectivity index (χ4v) is 7.04. The highest BCUT2D eigenvalue weighted by molar-refractivity contribution is 8.01. The number of H-pyrrole nitrogens is 1. The average molecular weight is 601 g/mol. The third-order valence-electron chi connectivity index (χ3n) is 5.93. The minimum absolute atomic E-state index is 0.0281. The predicted molar refractivity (Wildman–Crippen MR) is 137 cm³/mol. The first-order chi connectivity index (χ1) is 18.5. The van der Waals surface area contributed by atoms with E-state index in [1.54, 1.807) is 24.3 Å². The largest absolute Gasteiger partial charge is 0.477 e. The summed E-state index contributed by atoms with van der Waals surface area (Å²) in [6, 6.07) is 4.36. The minimum atomic E-state index is -4.48. The minimum Gasteiger partial charge on any atom is -0.477 e. The van der Waals surface area contributed by atoms with Gasteiger partial charge in [0, 0.05) is 17.5 Å². The molecule has 2 amide bonds. The molecule has 3 heterocycles. The molecule has 2 aromatic rings. The summed E-state index contributed by atoms with van der Waals surface area (Å²) in [6.45, 7) is -0.470. The molecule has 8 N–H and O–H groups in total. The van der Waals surface area contributed by atoms with Gasteiger partial charge in [-0.1, -0.05) is 36.0 Å². The molecule has 16 nitrogen and oxygen atoms in total. The van der Waals surface area contributed by atoms with Gasteiger partial charge in [-0.25, -0.2) is 4.79 Å². The molecule has 0 spiro atoms. The number of nitrogens with one attached hydrogen (secondary N) is 3. The van der Waals surface area contributed by atoms with Crippen LogP contribution in [0.2, 0.25) is 0 Å². The molecule has 1 aromatic carbocycles. The normalized spacial score (nSPS) is 20.7. The lowest BCUT2D eigenvalue weighted by Gasteiger charge is -2.50. The van der Waals surface area contributed by atoms with Gasteiger partial charge in [0.25, 0.3) is 5.91 Å². The number of nitrogens with two attached hydrogens (primary N) is 1. The summed E-state index contributed by atoms with van der Waals surface area (Å²) in [6.07, 6.45) is 0.0281. The zero-order valence-electron chi connectivity index (χ0n) is 19.9. The fraction of sp³-hybridized carbons (Fsp3) is 0.400. The number of nitrogens with zero attached hydrogens (tertiary/aromatic N) is 4. The summed E-state index contributed by atoms with van der Waals surface area (Å²) in [5, 5.41) is 34.1. The third kappa shape index (κ3) is 6.57. The highest BCUT2D eigenvalue weighted by Crippen LogP contribution is 2.44. The number of tetrazole rings is 1. The van der Waals surface area contributed by atoms with Crippen molar-refractivity contribution in [2.45, 2.75) is 40.9 Å². The molecule has 4 rings (SSSR count). The topological polar surface area (TPSA) is 254 Å². The number of thioether (sulfide) groups is 2. The Balaban J connectivity index is 1.53. The molecule has 19 heteroatoms. The number of aliphatic hydroxyl groups excluding tert-OH is 1. The number of fused-ring (bicyclic) bond motifs is 1. The van der Waals surface area contributed by atoms with Crippen LogP contribution in [0.1, 0.15) is 23.6 Å². The van der Waals surface area contributed by atoms with E-state index in [0.717, 1.165) is 16.7 Å². The number of aromatic nitrogens is 4. The Morgan fingerprint density at radius 2 is 2.13 bits per heavy atom. The van der Waals surface area contributed by atoms with E-state index in [9.17, 15) is 33.0 Å². The summed E-state index contributed by atoms with van der Waals surface area (Å²) in [5.74, 6) is -2.54. The maximum atomic E-state index is 13.1. The van der Waals surface area contributed by atoms with E-state index in [4.69, 9.17) is 10.3 Å². The van der Waals surface area contributed by atoms with E-state index in [1.807, 2.05) is 4.72 Å². The van der Waals surface area contributed by atoms with E-state index in [0.29, 0.717) is 16.7 Å². The van der Waals surface area contributed by atoms with E-state index in [2.05, 4.69) is 25.9 Å². The van der Waals surface area contributed by atoms with E-state index in [-0.39, 0.29) is 36.2 Å². The number of amides is 2.